The Morgan fingerprint density at radius 3 is 2.53 bits per heavy atom. The lowest BCUT2D eigenvalue weighted by Crippen LogP contribution is -2.42. The lowest BCUT2D eigenvalue weighted by atomic mass is 9.54. The first-order valence-electron chi connectivity index (χ1n) is 10.1. The van der Waals surface area contributed by atoms with Crippen LogP contribution < -0.4 is 10.5 Å². The predicted octanol–water partition coefficient (Wildman–Crippen LogP) is 3.65. The minimum Gasteiger partial charge on any atom is -0.466 e. The quantitative estimate of drug-likeness (QED) is 0.784. The van der Waals surface area contributed by atoms with Crippen molar-refractivity contribution < 1.29 is 14.3 Å². The minimum atomic E-state index is -0.639. The van der Waals surface area contributed by atoms with Crippen LogP contribution in [0.25, 0.3) is 0 Å². The summed E-state index contributed by atoms with van der Waals surface area (Å²) in [6.07, 6.45) is 5.02. The largest absolute Gasteiger partial charge is 0.466 e. The Bertz CT molecular complexity index is 1110. The van der Waals surface area contributed by atoms with E-state index in [1.165, 1.54) is 24.6 Å². The standard InChI is InChI=1S/C23H24N4O3/c1-22(2)18(27-17-19(24)25-12-26-20(17)30-22)13-4-6-15(7-5-13)23-9-8-16(21(28)29-3)14(10-23)11-23/h4-7,12H,8-11H2,1-3H3,(H2,24,25,26). The van der Waals surface area contributed by atoms with Crippen molar-refractivity contribution in [1.82, 2.24) is 9.97 Å². The summed E-state index contributed by atoms with van der Waals surface area (Å²) >= 11 is 0. The number of hydrogen-bond acceptors (Lipinski definition) is 7. The van der Waals surface area contributed by atoms with E-state index >= 15 is 0 Å². The smallest absolute Gasteiger partial charge is 0.333 e. The zero-order valence-corrected chi connectivity index (χ0v) is 17.4. The topological polar surface area (TPSA) is 99.7 Å². The van der Waals surface area contributed by atoms with Crippen molar-refractivity contribution in [3.63, 3.8) is 0 Å². The Balaban J connectivity index is 1.45. The molecule has 0 atom stereocenters. The number of hydrogen-bond donors (Lipinski definition) is 1. The van der Waals surface area contributed by atoms with Gasteiger partial charge in [0.1, 0.15) is 11.9 Å². The van der Waals surface area contributed by atoms with Crippen molar-refractivity contribution in [3.8, 4) is 5.88 Å². The normalized spacial score (nSPS) is 20.4. The highest BCUT2D eigenvalue weighted by Gasteiger charge is 2.47. The highest BCUT2D eigenvalue weighted by molar-refractivity contribution is 6.09. The van der Waals surface area contributed by atoms with E-state index < -0.39 is 5.60 Å². The molecule has 2 N–H and O–H groups in total. The molecule has 1 saturated carbocycles. The average Bonchev–Trinajstić information content (AvgIpc) is 2.72. The Labute approximate surface area is 175 Å². The Morgan fingerprint density at radius 2 is 1.90 bits per heavy atom. The Hall–Kier alpha value is -3.22. The van der Waals surface area contributed by atoms with Crippen LogP contribution >= 0.6 is 0 Å². The van der Waals surface area contributed by atoms with E-state index in [0.29, 0.717) is 17.4 Å². The third-order valence-corrected chi connectivity index (χ3v) is 6.55. The maximum Gasteiger partial charge on any atom is 0.333 e. The number of rotatable bonds is 3. The molecule has 2 heterocycles. The maximum atomic E-state index is 11.9. The molecule has 3 aliphatic carbocycles. The van der Waals surface area contributed by atoms with Crippen LogP contribution in [-0.2, 0) is 14.9 Å². The van der Waals surface area contributed by atoms with Gasteiger partial charge in [-0.25, -0.2) is 14.8 Å². The van der Waals surface area contributed by atoms with Gasteiger partial charge in [0.2, 0.25) is 5.88 Å². The van der Waals surface area contributed by atoms with Gasteiger partial charge in [-0.3, -0.25) is 0 Å². The predicted molar refractivity (Wildman–Crippen MR) is 113 cm³/mol. The number of nitrogen functional groups attached to an aromatic ring is 1. The number of aliphatic imine (C=N–C) groups is 1. The number of nitrogens with two attached hydrogens (primary N) is 1. The van der Waals surface area contributed by atoms with E-state index in [0.717, 1.165) is 42.5 Å². The zero-order chi connectivity index (χ0) is 21.1. The van der Waals surface area contributed by atoms with Crippen molar-refractivity contribution in [2.75, 3.05) is 12.8 Å². The number of benzene rings is 1. The van der Waals surface area contributed by atoms with E-state index in [-0.39, 0.29) is 11.4 Å². The number of aromatic nitrogens is 2. The van der Waals surface area contributed by atoms with Gasteiger partial charge in [-0.2, -0.15) is 4.98 Å². The van der Waals surface area contributed by atoms with Gasteiger partial charge in [-0.05, 0) is 45.1 Å². The maximum absolute atomic E-state index is 11.9. The Kier molecular flexibility index (Phi) is 4.00. The van der Waals surface area contributed by atoms with Crippen molar-refractivity contribution in [1.29, 1.82) is 0 Å². The second-order valence-corrected chi connectivity index (χ2v) is 8.77. The third-order valence-electron chi connectivity index (χ3n) is 6.55. The fraction of sp³-hybridized carbons (Fsp3) is 0.391. The summed E-state index contributed by atoms with van der Waals surface area (Å²) in [4.78, 5) is 24.9. The Morgan fingerprint density at radius 1 is 1.17 bits per heavy atom. The van der Waals surface area contributed by atoms with Crippen LogP contribution in [0, 0.1) is 0 Å². The first-order valence-corrected chi connectivity index (χ1v) is 10.1. The summed E-state index contributed by atoms with van der Waals surface area (Å²) < 4.78 is 11.0. The third kappa shape index (κ3) is 2.72. The van der Waals surface area contributed by atoms with Crippen LogP contribution in [0.4, 0.5) is 11.5 Å². The summed E-state index contributed by atoms with van der Waals surface area (Å²) in [5.74, 6) is 0.541. The molecule has 1 fully saturated rings. The molecule has 30 heavy (non-hydrogen) atoms. The van der Waals surface area contributed by atoms with Crippen molar-refractivity contribution >= 4 is 23.2 Å². The monoisotopic (exact) mass is 404 g/mol. The molecular weight excluding hydrogens is 380 g/mol. The van der Waals surface area contributed by atoms with Crippen molar-refractivity contribution in [3.05, 3.63) is 52.9 Å². The van der Waals surface area contributed by atoms with Gasteiger partial charge in [0.05, 0.1) is 12.8 Å². The number of esters is 1. The molecule has 2 aromatic rings. The summed E-state index contributed by atoms with van der Waals surface area (Å²) in [5.41, 5.74) is 11.2. The molecule has 7 nitrogen and oxygen atoms in total. The molecule has 0 unspecified atom stereocenters. The molecule has 0 saturated heterocycles. The highest BCUT2D eigenvalue weighted by atomic mass is 16.5. The summed E-state index contributed by atoms with van der Waals surface area (Å²) in [7, 11) is 1.45. The fourth-order valence-corrected chi connectivity index (χ4v) is 4.90. The van der Waals surface area contributed by atoms with Crippen molar-refractivity contribution in [2.24, 2.45) is 4.99 Å². The van der Waals surface area contributed by atoms with Gasteiger partial charge in [0, 0.05) is 16.6 Å². The van der Waals surface area contributed by atoms with E-state index in [1.807, 2.05) is 13.8 Å². The van der Waals surface area contributed by atoms with Gasteiger partial charge in [0.25, 0.3) is 0 Å². The molecule has 6 rings (SSSR count). The number of allylic oxidation sites excluding steroid dienone is 1. The lowest BCUT2D eigenvalue weighted by molar-refractivity contribution is -0.136. The second-order valence-electron chi connectivity index (χ2n) is 8.77. The molecule has 2 bridgehead atoms. The van der Waals surface area contributed by atoms with Gasteiger partial charge in [-0.1, -0.05) is 29.8 Å². The number of methoxy groups -OCH3 is 1. The molecule has 0 amide bonds. The van der Waals surface area contributed by atoms with E-state index in [1.54, 1.807) is 0 Å². The first-order chi connectivity index (χ1) is 14.3. The number of ether oxygens (including phenoxy) is 2. The van der Waals surface area contributed by atoms with Gasteiger partial charge in [-0.15, -0.1) is 0 Å². The van der Waals surface area contributed by atoms with Crippen LogP contribution in [0.15, 0.2) is 46.7 Å². The molecule has 0 radical (unpaired) electrons. The molecular formula is C23H24N4O3. The van der Waals surface area contributed by atoms with Crippen molar-refractivity contribution in [2.45, 2.75) is 50.5 Å². The minimum absolute atomic E-state index is 0.136. The molecule has 1 aromatic carbocycles. The number of carbonyl (C=O) groups is 1. The second kappa shape index (κ2) is 6.39. The number of anilines is 1. The van der Waals surface area contributed by atoms with Gasteiger partial charge < -0.3 is 15.2 Å². The fourth-order valence-electron chi connectivity index (χ4n) is 4.90. The molecule has 154 valence electrons. The zero-order valence-electron chi connectivity index (χ0n) is 17.4. The molecule has 7 heteroatoms. The van der Waals surface area contributed by atoms with E-state index in [9.17, 15) is 4.79 Å². The van der Waals surface area contributed by atoms with Crippen LogP contribution in [-0.4, -0.2) is 34.4 Å². The van der Waals surface area contributed by atoms with Gasteiger partial charge in [0.15, 0.2) is 11.5 Å². The van der Waals surface area contributed by atoms with Crippen LogP contribution in [0.1, 0.15) is 50.7 Å². The van der Waals surface area contributed by atoms with E-state index in [2.05, 4.69) is 34.2 Å². The molecule has 4 aliphatic rings. The average molecular weight is 404 g/mol. The number of nitrogens with zero attached hydrogens (tertiary/aromatic N) is 3. The highest BCUT2D eigenvalue weighted by Crippen LogP contribution is 2.56. The van der Waals surface area contributed by atoms with Crippen LogP contribution in [0.5, 0.6) is 5.88 Å². The summed E-state index contributed by atoms with van der Waals surface area (Å²) in [6, 6.07) is 8.54. The van der Waals surface area contributed by atoms with Crippen LogP contribution in [0.3, 0.4) is 0 Å². The number of carbonyl (C=O) groups excluding carboxylic acids is 1. The molecule has 1 aliphatic heterocycles. The lowest BCUT2D eigenvalue weighted by Gasteiger charge is -2.49. The van der Waals surface area contributed by atoms with E-state index in [4.69, 9.17) is 20.2 Å². The van der Waals surface area contributed by atoms with Gasteiger partial charge >= 0.3 is 5.97 Å². The molecule has 0 spiro atoms. The summed E-state index contributed by atoms with van der Waals surface area (Å²) in [6.45, 7) is 3.94. The first kappa shape index (κ1) is 18.8. The SMILES string of the molecule is COC(=O)C1=C2CC(c3ccc(C4=Nc5c(N)ncnc5OC4(C)C)cc3)(CC1)C2. The molecule has 1 aromatic heterocycles. The van der Waals surface area contributed by atoms with Crippen LogP contribution in [0.2, 0.25) is 0 Å². The number of fused-ring (bicyclic) bond motifs is 3. The summed E-state index contributed by atoms with van der Waals surface area (Å²) in [5, 5.41) is 0.